The molecule has 0 aliphatic heterocycles. The van der Waals surface area contributed by atoms with Crippen molar-refractivity contribution in [1.29, 1.82) is 0 Å². The zero-order valence-corrected chi connectivity index (χ0v) is 10.8. The molecule has 0 unspecified atom stereocenters. The average molecular weight is 250 g/mol. The summed E-state index contributed by atoms with van der Waals surface area (Å²) in [4.78, 5) is 16.2. The number of hydrogen-bond acceptors (Lipinski definition) is 4. The van der Waals surface area contributed by atoms with Gasteiger partial charge in [-0.05, 0) is 12.8 Å². The topological polar surface area (TPSA) is 65.8 Å². The Kier molecular flexibility index (Phi) is 3.96. The summed E-state index contributed by atoms with van der Waals surface area (Å²) in [7, 11) is 0. The van der Waals surface area contributed by atoms with E-state index in [1.807, 2.05) is 6.92 Å². The fourth-order valence-electron chi connectivity index (χ4n) is 1.81. The minimum absolute atomic E-state index is 0.0290. The molecule has 0 aliphatic carbocycles. The standard InChI is InChI=1S/C12H18N4O2/c1-3-5-11-13-10(14-18-11)9-16-8-7-15(6-4-2)12(16)17/h7-8H,3-6,9H2,1-2H3. The molecule has 0 radical (unpaired) electrons. The first kappa shape index (κ1) is 12.6. The Bertz CT molecular complexity index is 552. The lowest BCUT2D eigenvalue weighted by Gasteiger charge is -1.97. The van der Waals surface area contributed by atoms with Gasteiger partial charge in [-0.3, -0.25) is 9.13 Å². The van der Waals surface area contributed by atoms with Crippen LogP contribution in [-0.2, 0) is 19.5 Å². The summed E-state index contributed by atoms with van der Waals surface area (Å²) in [5.74, 6) is 1.18. The van der Waals surface area contributed by atoms with Crippen LogP contribution in [0.2, 0.25) is 0 Å². The lowest BCUT2D eigenvalue weighted by molar-refractivity contribution is 0.370. The maximum atomic E-state index is 11.9. The van der Waals surface area contributed by atoms with Crippen molar-refractivity contribution >= 4 is 0 Å². The van der Waals surface area contributed by atoms with Crippen molar-refractivity contribution in [2.45, 2.75) is 46.2 Å². The summed E-state index contributed by atoms with van der Waals surface area (Å²) in [6.07, 6.45) is 6.23. The van der Waals surface area contributed by atoms with Gasteiger partial charge in [0, 0.05) is 25.4 Å². The highest BCUT2D eigenvalue weighted by molar-refractivity contribution is 4.91. The molecule has 0 aliphatic rings. The van der Waals surface area contributed by atoms with Crippen LogP contribution in [0, 0.1) is 0 Å². The molecule has 0 saturated carbocycles. The molecule has 0 bridgehead atoms. The third kappa shape index (κ3) is 2.69. The summed E-state index contributed by atoms with van der Waals surface area (Å²) < 4.78 is 8.37. The average Bonchev–Trinajstić information content (AvgIpc) is 2.92. The van der Waals surface area contributed by atoms with Gasteiger partial charge in [-0.1, -0.05) is 19.0 Å². The zero-order valence-electron chi connectivity index (χ0n) is 10.8. The van der Waals surface area contributed by atoms with Crippen LogP contribution in [0.4, 0.5) is 0 Å². The Morgan fingerprint density at radius 1 is 1.22 bits per heavy atom. The largest absolute Gasteiger partial charge is 0.339 e. The maximum absolute atomic E-state index is 11.9. The second-order valence-corrected chi connectivity index (χ2v) is 4.26. The van der Waals surface area contributed by atoms with Gasteiger partial charge in [-0.2, -0.15) is 4.98 Å². The van der Waals surface area contributed by atoms with Crippen LogP contribution in [-0.4, -0.2) is 19.3 Å². The second kappa shape index (κ2) is 5.66. The number of aromatic nitrogens is 4. The third-order valence-electron chi connectivity index (χ3n) is 2.67. The third-order valence-corrected chi connectivity index (χ3v) is 2.67. The molecule has 6 heteroatoms. The van der Waals surface area contributed by atoms with Gasteiger partial charge in [0.05, 0.1) is 6.54 Å². The molecule has 0 N–H and O–H groups in total. The van der Waals surface area contributed by atoms with Crippen LogP contribution >= 0.6 is 0 Å². The smallest absolute Gasteiger partial charge is 0.328 e. The lowest BCUT2D eigenvalue weighted by Crippen LogP contribution is -2.24. The van der Waals surface area contributed by atoms with Crippen molar-refractivity contribution in [3.05, 3.63) is 34.6 Å². The maximum Gasteiger partial charge on any atom is 0.328 e. The summed E-state index contributed by atoms with van der Waals surface area (Å²) in [5, 5.41) is 3.87. The van der Waals surface area contributed by atoms with E-state index < -0.39 is 0 Å². The first-order valence-electron chi connectivity index (χ1n) is 6.31. The van der Waals surface area contributed by atoms with E-state index in [0.29, 0.717) is 18.3 Å². The van der Waals surface area contributed by atoms with Crippen molar-refractivity contribution in [3.8, 4) is 0 Å². The fraction of sp³-hybridized carbons (Fsp3) is 0.583. The van der Waals surface area contributed by atoms with Gasteiger partial charge >= 0.3 is 5.69 Å². The molecule has 0 atom stereocenters. The van der Waals surface area contributed by atoms with Crippen molar-refractivity contribution in [2.75, 3.05) is 0 Å². The summed E-state index contributed by atoms with van der Waals surface area (Å²) in [6, 6.07) is 0. The highest BCUT2D eigenvalue weighted by Crippen LogP contribution is 2.02. The fourth-order valence-corrected chi connectivity index (χ4v) is 1.81. The second-order valence-electron chi connectivity index (χ2n) is 4.26. The van der Waals surface area contributed by atoms with Crippen LogP contribution in [0.15, 0.2) is 21.7 Å². The minimum Gasteiger partial charge on any atom is -0.339 e. The van der Waals surface area contributed by atoms with Crippen LogP contribution in [0.1, 0.15) is 38.4 Å². The molecule has 0 saturated heterocycles. The van der Waals surface area contributed by atoms with Crippen LogP contribution in [0.5, 0.6) is 0 Å². The molecule has 2 aromatic rings. The van der Waals surface area contributed by atoms with Gasteiger partial charge in [-0.15, -0.1) is 0 Å². The molecule has 0 amide bonds. The zero-order chi connectivity index (χ0) is 13.0. The van der Waals surface area contributed by atoms with E-state index in [0.717, 1.165) is 25.8 Å². The summed E-state index contributed by atoms with van der Waals surface area (Å²) in [5.41, 5.74) is -0.0290. The molecule has 0 fully saturated rings. The molecule has 2 rings (SSSR count). The van der Waals surface area contributed by atoms with Gasteiger partial charge in [0.15, 0.2) is 5.82 Å². The molecule has 2 aromatic heterocycles. The lowest BCUT2D eigenvalue weighted by atomic mass is 10.3. The van der Waals surface area contributed by atoms with E-state index in [1.165, 1.54) is 0 Å². The molecule has 0 spiro atoms. The Hall–Kier alpha value is -1.85. The Morgan fingerprint density at radius 2 is 2.00 bits per heavy atom. The van der Waals surface area contributed by atoms with E-state index in [4.69, 9.17) is 4.52 Å². The van der Waals surface area contributed by atoms with E-state index >= 15 is 0 Å². The molecule has 18 heavy (non-hydrogen) atoms. The monoisotopic (exact) mass is 250 g/mol. The van der Waals surface area contributed by atoms with E-state index in [2.05, 4.69) is 17.1 Å². The minimum atomic E-state index is -0.0290. The first-order chi connectivity index (χ1) is 8.74. The van der Waals surface area contributed by atoms with Gasteiger partial charge in [-0.25, -0.2) is 4.79 Å². The van der Waals surface area contributed by atoms with Crippen LogP contribution < -0.4 is 5.69 Å². The Morgan fingerprint density at radius 3 is 2.72 bits per heavy atom. The molecule has 6 nitrogen and oxygen atoms in total. The Balaban J connectivity index is 2.10. The SMILES string of the molecule is CCCc1nc(Cn2ccn(CCC)c2=O)no1. The highest BCUT2D eigenvalue weighted by atomic mass is 16.5. The van der Waals surface area contributed by atoms with Crippen molar-refractivity contribution < 1.29 is 4.52 Å². The summed E-state index contributed by atoms with van der Waals surface area (Å²) in [6.45, 7) is 5.20. The molecule has 2 heterocycles. The number of imidazole rings is 1. The van der Waals surface area contributed by atoms with E-state index in [1.54, 1.807) is 21.5 Å². The molecular formula is C12H18N4O2. The number of aryl methyl sites for hydroxylation is 2. The number of hydrogen-bond donors (Lipinski definition) is 0. The van der Waals surface area contributed by atoms with Gasteiger partial charge in [0.25, 0.3) is 0 Å². The quantitative estimate of drug-likeness (QED) is 0.778. The van der Waals surface area contributed by atoms with Gasteiger partial charge < -0.3 is 4.52 Å². The van der Waals surface area contributed by atoms with Crippen molar-refractivity contribution in [3.63, 3.8) is 0 Å². The Labute approximate surface area is 105 Å². The predicted octanol–water partition coefficient (Wildman–Crippen LogP) is 1.44. The van der Waals surface area contributed by atoms with Crippen LogP contribution in [0.3, 0.4) is 0 Å². The van der Waals surface area contributed by atoms with Gasteiger partial charge in [0.1, 0.15) is 0 Å². The number of nitrogens with zero attached hydrogens (tertiary/aromatic N) is 4. The van der Waals surface area contributed by atoms with Crippen LogP contribution in [0.25, 0.3) is 0 Å². The molecular weight excluding hydrogens is 232 g/mol. The van der Waals surface area contributed by atoms with Crippen molar-refractivity contribution in [1.82, 2.24) is 19.3 Å². The van der Waals surface area contributed by atoms with E-state index in [9.17, 15) is 4.79 Å². The van der Waals surface area contributed by atoms with Crippen molar-refractivity contribution in [2.24, 2.45) is 0 Å². The van der Waals surface area contributed by atoms with Gasteiger partial charge in [0.2, 0.25) is 5.89 Å². The van der Waals surface area contributed by atoms with E-state index in [-0.39, 0.29) is 5.69 Å². The normalized spacial score (nSPS) is 11.0. The predicted molar refractivity (Wildman–Crippen MR) is 66.4 cm³/mol. The first-order valence-corrected chi connectivity index (χ1v) is 6.31. The highest BCUT2D eigenvalue weighted by Gasteiger charge is 2.08. The molecule has 0 aromatic carbocycles. The molecule has 98 valence electrons. The number of rotatable bonds is 6. The summed E-state index contributed by atoms with van der Waals surface area (Å²) >= 11 is 0.